The number of carbonyl (C=O) groups excluding carboxylic acids is 1. The number of ketones is 1. The number of pyridine rings is 1. The van der Waals surface area contributed by atoms with Crippen LogP contribution < -0.4 is 0 Å². The van der Waals surface area contributed by atoms with Crippen molar-refractivity contribution in [1.82, 2.24) is 14.8 Å². The fourth-order valence-corrected chi connectivity index (χ4v) is 4.31. The van der Waals surface area contributed by atoms with Gasteiger partial charge in [0.25, 0.3) is 0 Å². The molecule has 0 amide bonds. The Balaban J connectivity index is 2.28. The van der Waals surface area contributed by atoms with Gasteiger partial charge in [-0.15, -0.1) is 0 Å². The Kier molecular flexibility index (Phi) is 9.34. The molecule has 9 heteroatoms. The summed E-state index contributed by atoms with van der Waals surface area (Å²) in [6, 6.07) is 2.96. The zero-order valence-corrected chi connectivity index (χ0v) is 18.7. The van der Waals surface area contributed by atoms with Gasteiger partial charge in [-0.25, -0.2) is 0 Å². The Morgan fingerprint density at radius 2 is 1.56 bits per heavy atom. The van der Waals surface area contributed by atoms with Gasteiger partial charge < -0.3 is 15.3 Å². The van der Waals surface area contributed by atoms with Crippen LogP contribution in [0.4, 0.5) is 0 Å². The third-order valence-corrected chi connectivity index (χ3v) is 5.69. The summed E-state index contributed by atoms with van der Waals surface area (Å²) in [6.07, 6.45) is 4.70. The second-order valence-corrected chi connectivity index (χ2v) is 8.64. The molecule has 0 bridgehead atoms. The van der Waals surface area contributed by atoms with E-state index in [0.29, 0.717) is 24.1 Å². The van der Waals surface area contributed by atoms with Gasteiger partial charge in [-0.1, -0.05) is 33.3 Å². The minimum absolute atomic E-state index is 0.00710. The molecule has 0 radical (unpaired) electrons. The second kappa shape index (κ2) is 11.7. The SMILES string of the molecule is C=C(O)CN(CC(=O)O)C1CCCC[C@@H]1N(CC(=O)O)Cc1ccc(C(=O)C(C)C)cn1. The quantitative estimate of drug-likeness (QED) is 0.327. The van der Waals surface area contributed by atoms with Gasteiger partial charge in [0, 0.05) is 36.3 Å². The first-order chi connectivity index (χ1) is 15.1. The summed E-state index contributed by atoms with van der Waals surface area (Å²) in [6.45, 7) is 6.90. The van der Waals surface area contributed by atoms with E-state index in [9.17, 15) is 29.7 Å². The molecule has 2 atom stereocenters. The molecule has 176 valence electrons. The molecule has 0 spiro atoms. The maximum Gasteiger partial charge on any atom is 0.317 e. The molecule has 32 heavy (non-hydrogen) atoms. The number of rotatable bonds is 12. The molecule has 0 saturated heterocycles. The topological polar surface area (TPSA) is 131 Å². The molecule has 1 aromatic rings. The summed E-state index contributed by atoms with van der Waals surface area (Å²) in [4.78, 5) is 43.0. The first-order valence-corrected chi connectivity index (χ1v) is 10.9. The van der Waals surface area contributed by atoms with E-state index in [1.165, 1.54) is 6.20 Å². The van der Waals surface area contributed by atoms with Crippen LogP contribution in [0.25, 0.3) is 0 Å². The van der Waals surface area contributed by atoms with Crippen LogP contribution in [-0.2, 0) is 16.1 Å². The molecule has 1 saturated carbocycles. The molecule has 3 N–H and O–H groups in total. The van der Waals surface area contributed by atoms with Crippen molar-refractivity contribution in [1.29, 1.82) is 0 Å². The first-order valence-electron chi connectivity index (χ1n) is 10.9. The van der Waals surface area contributed by atoms with Crippen molar-refractivity contribution < 1.29 is 29.7 Å². The van der Waals surface area contributed by atoms with Gasteiger partial charge in [-0.3, -0.25) is 29.2 Å². The third kappa shape index (κ3) is 7.42. The average Bonchev–Trinajstić information content (AvgIpc) is 2.71. The van der Waals surface area contributed by atoms with E-state index < -0.39 is 11.9 Å². The highest BCUT2D eigenvalue weighted by Gasteiger charge is 2.36. The van der Waals surface area contributed by atoms with E-state index in [-0.39, 0.29) is 55.7 Å². The number of carboxylic acid groups (broad SMARTS) is 2. The lowest BCUT2D eigenvalue weighted by Gasteiger charge is -2.44. The molecule has 1 unspecified atom stereocenters. The van der Waals surface area contributed by atoms with Crippen LogP contribution in [0, 0.1) is 5.92 Å². The first kappa shape index (κ1) is 25.5. The number of aliphatic hydroxyl groups is 1. The molecule has 1 aliphatic rings. The molecule has 1 heterocycles. The Morgan fingerprint density at radius 3 is 2.03 bits per heavy atom. The van der Waals surface area contributed by atoms with Crippen molar-refractivity contribution in [3.8, 4) is 0 Å². The number of carbonyl (C=O) groups is 3. The molecule has 2 rings (SSSR count). The number of Topliss-reactive ketones (excluding diaryl/α,β-unsaturated/α-hetero) is 1. The number of nitrogens with zero attached hydrogens (tertiary/aromatic N) is 3. The van der Waals surface area contributed by atoms with Crippen molar-refractivity contribution >= 4 is 17.7 Å². The van der Waals surface area contributed by atoms with Gasteiger partial charge in [0.15, 0.2) is 5.78 Å². The number of hydrogen-bond acceptors (Lipinski definition) is 7. The summed E-state index contributed by atoms with van der Waals surface area (Å²) < 4.78 is 0. The predicted molar refractivity (Wildman–Crippen MR) is 118 cm³/mol. The van der Waals surface area contributed by atoms with Crippen LogP contribution in [0.2, 0.25) is 0 Å². The molecule has 1 fully saturated rings. The van der Waals surface area contributed by atoms with Gasteiger partial charge >= 0.3 is 11.9 Å². The molecule has 9 nitrogen and oxygen atoms in total. The smallest absolute Gasteiger partial charge is 0.317 e. The summed E-state index contributed by atoms with van der Waals surface area (Å²) >= 11 is 0. The largest absolute Gasteiger partial charge is 0.512 e. The number of aromatic nitrogens is 1. The van der Waals surface area contributed by atoms with Gasteiger partial charge in [-0.2, -0.15) is 0 Å². The molecule has 1 aromatic heterocycles. The summed E-state index contributed by atoms with van der Waals surface area (Å²) in [5.74, 6) is -2.29. The zero-order chi connectivity index (χ0) is 23.8. The van der Waals surface area contributed by atoms with Crippen molar-refractivity contribution in [2.75, 3.05) is 19.6 Å². The molecule has 0 aliphatic heterocycles. The monoisotopic (exact) mass is 447 g/mol. The van der Waals surface area contributed by atoms with Crippen molar-refractivity contribution in [2.24, 2.45) is 5.92 Å². The van der Waals surface area contributed by atoms with E-state index in [1.54, 1.807) is 21.9 Å². The number of aliphatic hydroxyl groups excluding tert-OH is 1. The van der Waals surface area contributed by atoms with Crippen LogP contribution in [-0.4, -0.2) is 79.5 Å². The van der Waals surface area contributed by atoms with Gasteiger partial charge in [0.1, 0.15) is 0 Å². The summed E-state index contributed by atoms with van der Waals surface area (Å²) in [7, 11) is 0. The van der Waals surface area contributed by atoms with Gasteiger partial charge in [-0.05, 0) is 25.0 Å². The molecule has 1 aliphatic carbocycles. The van der Waals surface area contributed by atoms with Crippen molar-refractivity contribution in [3.63, 3.8) is 0 Å². The highest BCUT2D eigenvalue weighted by molar-refractivity contribution is 5.97. The van der Waals surface area contributed by atoms with Crippen LogP contribution >= 0.6 is 0 Å². The number of hydrogen-bond donors (Lipinski definition) is 3. The van der Waals surface area contributed by atoms with E-state index in [0.717, 1.165) is 12.8 Å². The maximum absolute atomic E-state index is 12.2. The summed E-state index contributed by atoms with van der Waals surface area (Å²) in [5.41, 5.74) is 1.14. The second-order valence-electron chi connectivity index (χ2n) is 8.64. The Hall–Kier alpha value is -2.78. The van der Waals surface area contributed by atoms with Crippen molar-refractivity contribution in [3.05, 3.63) is 41.9 Å². The molecular formula is C23H33N3O6. The lowest BCUT2D eigenvalue weighted by Crippen LogP contribution is -2.55. The molecular weight excluding hydrogens is 414 g/mol. The minimum atomic E-state index is -1.02. The highest BCUT2D eigenvalue weighted by Crippen LogP contribution is 2.29. The number of carboxylic acids is 2. The minimum Gasteiger partial charge on any atom is -0.512 e. The highest BCUT2D eigenvalue weighted by atomic mass is 16.4. The molecule has 0 aromatic carbocycles. The van der Waals surface area contributed by atoms with Crippen LogP contribution in [0.5, 0.6) is 0 Å². The van der Waals surface area contributed by atoms with Gasteiger partial charge in [0.05, 0.1) is 31.1 Å². The lowest BCUT2D eigenvalue weighted by atomic mass is 9.87. The third-order valence-electron chi connectivity index (χ3n) is 5.69. The van der Waals surface area contributed by atoms with E-state index in [2.05, 4.69) is 11.6 Å². The van der Waals surface area contributed by atoms with Crippen molar-refractivity contribution in [2.45, 2.75) is 58.2 Å². The Bertz CT molecular complexity index is 808. The lowest BCUT2D eigenvalue weighted by molar-refractivity contribution is -0.142. The standard InChI is InChI=1S/C23H33N3O6/c1-15(2)23(32)17-8-9-18(24-10-17)12-26(14-22(30)31)20-7-5-4-6-19(20)25(11-16(3)27)13-21(28)29/h8-10,15,19-20,27H,3-7,11-14H2,1-2H3,(H,28,29)(H,30,31)/t19?,20-/m0/s1. The van der Waals surface area contributed by atoms with Crippen LogP contribution in [0.3, 0.4) is 0 Å². The fraction of sp³-hybridized carbons (Fsp3) is 0.565. The summed E-state index contributed by atoms with van der Waals surface area (Å²) in [5, 5.41) is 28.6. The Morgan fingerprint density at radius 1 is 1.00 bits per heavy atom. The van der Waals surface area contributed by atoms with Crippen LogP contribution in [0.15, 0.2) is 30.7 Å². The van der Waals surface area contributed by atoms with E-state index in [1.807, 2.05) is 13.8 Å². The average molecular weight is 448 g/mol. The number of aliphatic carboxylic acids is 2. The maximum atomic E-state index is 12.2. The normalized spacial score (nSPS) is 18.8. The Labute approximate surface area is 188 Å². The van der Waals surface area contributed by atoms with Crippen LogP contribution in [0.1, 0.15) is 55.6 Å². The fourth-order valence-electron chi connectivity index (χ4n) is 4.31. The van der Waals surface area contributed by atoms with Gasteiger partial charge in [0.2, 0.25) is 0 Å². The van der Waals surface area contributed by atoms with E-state index >= 15 is 0 Å². The zero-order valence-electron chi connectivity index (χ0n) is 18.7. The predicted octanol–water partition coefficient (Wildman–Crippen LogP) is 2.58. The van der Waals surface area contributed by atoms with E-state index in [4.69, 9.17) is 0 Å².